The van der Waals surface area contributed by atoms with Crippen LogP contribution in [0.25, 0.3) is 11.1 Å². The van der Waals surface area contributed by atoms with Gasteiger partial charge in [-0.05, 0) is 29.5 Å². The van der Waals surface area contributed by atoms with Gasteiger partial charge in [-0.15, -0.1) is 0 Å². The van der Waals surface area contributed by atoms with Crippen molar-refractivity contribution >= 4 is 5.97 Å². The molecule has 0 radical (unpaired) electrons. The summed E-state index contributed by atoms with van der Waals surface area (Å²) in [4.78, 5) is 10.8. The minimum Gasteiger partial charge on any atom is -0.480 e. The molecule has 2 aromatic rings. The summed E-state index contributed by atoms with van der Waals surface area (Å²) in [5, 5.41) is 8.82. The maximum absolute atomic E-state index is 10.8. The number of carboxylic acid groups (broad SMARTS) is 1. The highest BCUT2D eigenvalue weighted by molar-refractivity contribution is 5.73. The number of hydrogen-bond donors (Lipinski definition) is 2. The van der Waals surface area contributed by atoms with Crippen LogP contribution in [0.1, 0.15) is 12.0 Å². The van der Waals surface area contributed by atoms with E-state index in [0.717, 1.165) is 16.7 Å². The van der Waals surface area contributed by atoms with Gasteiger partial charge in [-0.2, -0.15) is 0 Å². The Labute approximate surface area is 112 Å². The summed E-state index contributed by atoms with van der Waals surface area (Å²) in [5.41, 5.74) is 8.96. The molecule has 0 aromatic heterocycles. The second-order valence-electron chi connectivity index (χ2n) is 4.51. The first kappa shape index (κ1) is 13.3. The summed E-state index contributed by atoms with van der Waals surface area (Å²) >= 11 is 0. The van der Waals surface area contributed by atoms with Gasteiger partial charge in [0.15, 0.2) is 0 Å². The van der Waals surface area contributed by atoms with Crippen LogP contribution < -0.4 is 5.73 Å². The smallest absolute Gasteiger partial charge is 0.320 e. The van der Waals surface area contributed by atoms with Crippen molar-refractivity contribution in [3.05, 3.63) is 60.2 Å². The molecule has 0 amide bonds. The summed E-state index contributed by atoms with van der Waals surface area (Å²) in [6, 6.07) is 17.3. The Hall–Kier alpha value is -2.13. The minimum atomic E-state index is -0.947. The zero-order valence-electron chi connectivity index (χ0n) is 10.6. The van der Waals surface area contributed by atoms with Crippen molar-refractivity contribution in [2.75, 3.05) is 0 Å². The fourth-order valence-corrected chi connectivity index (χ4v) is 2.07. The van der Waals surface area contributed by atoms with Crippen LogP contribution >= 0.6 is 0 Å². The molecule has 1 unspecified atom stereocenters. The lowest BCUT2D eigenvalue weighted by Crippen LogP contribution is -2.30. The van der Waals surface area contributed by atoms with Crippen LogP contribution in [0.4, 0.5) is 0 Å². The number of benzene rings is 2. The number of aryl methyl sites for hydroxylation is 1. The molecule has 1 atom stereocenters. The van der Waals surface area contributed by atoms with Gasteiger partial charge in [-0.25, -0.2) is 0 Å². The molecule has 0 aliphatic carbocycles. The third-order valence-electron chi connectivity index (χ3n) is 3.14. The zero-order chi connectivity index (χ0) is 13.7. The van der Waals surface area contributed by atoms with Crippen molar-refractivity contribution < 1.29 is 9.90 Å². The highest BCUT2D eigenvalue weighted by atomic mass is 16.4. The topological polar surface area (TPSA) is 63.3 Å². The van der Waals surface area contributed by atoms with Crippen LogP contribution in [0, 0.1) is 0 Å². The molecule has 2 rings (SSSR count). The van der Waals surface area contributed by atoms with Crippen molar-refractivity contribution in [1.82, 2.24) is 0 Å². The number of hydrogen-bond acceptors (Lipinski definition) is 2. The maximum atomic E-state index is 10.8. The lowest BCUT2D eigenvalue weighted by molar-refractivity contribution is -0.138. The highest BCUT2D eigenvalue weighted by Gasteiger charge is 2.12. The molecule has 3 heteroatoms. The van der Waals surface area contributed by atoms with E-state index in [0.29, 0.717) is 12.8 Å². The largest absolute Gasteiger partial charge is 0.480 e. The van der Waals surface area contributed by atoms with Crippen LogP contribution in [0.5, 0.6) is 0 Å². The van der Waals surface area contributed by atoms with Crippen LogP contribution in [0.2, 0.25) is 0 Å². The quantitative estimate of drug-likeness (QED) is 0.863. The fraction of sp³-hybridized carbons (Fsp3) is 0.188. The van der Waals surface area contributed by atoms with Gasteiger partial charge >= 0.3 is 5.97 Å². The number of carboxylic acids is 1. The predicted octanol–water partition coefficient (Wildman–Crippen LogP) is 2.70. The SMILES string of the molecule is NC(CCc1ccccc1-c1ccccc1)C(=O)O. The van der Waals surface area contributed by atoms with Crippen molar-refractivity contribution in [2.24, 2.45) is 5.73 Å². The number of aliphatic carboxylic acids is 1. The first-order valence-corrected chi connectivity index (χ1v) is 6.30. The Balaban J connectivity index is 2.20. The molecule has 0 saturated carbocycles. The summed E-state index contributed by atoms with van der Waals surface area (Å²) in [6.07, 6.45) is 1.11. The van der Waals surface area contributed by atoms with Gasteiger partial charge in [0.1, 0.15) is 6.04 Å². The van der Waals surface area contributed by atoms with Crippen molar-refractivity contribution in [3.63, 3.8) is 0 Å². The summed E-state index contributed by atoms with van der Waals surface area (Å²) in [7, 11) is 0. The van der Waals surface area contributed by atoms with E-state index in [-0.39, 0.29) is 0 Å². The van der Waals surface area contributed by atoms with E-state index in [2.05, 4.69) is 18.2 Å². The molecule has 19 heavy (non-hydrogen) atoms. The average molecular weight is 255 g/mol. The van der Waals surface area contributed by atoms with Crippen molar-refractivity contribution in [2.45, 2.75) is 18.9 Å². The van der Waals surface area contributed by atoms with Crippen molar-refractivity contribution in [3.8, 4) is 11.1 Å². The molecule has 0 aliphatic heterocycles. The molecule has 0 bridgehead atoms. The van der Waals surface area contributed by atoms with Gasteiger partial charge in [0.25, 0.3) is 0 Å². The standard InChI is InChI=1S/C16H17NO2/c17-15(16(18)19)11-10-13-8-4-5-9-14(13)12-6-2-1-3-7-12/h1-9,15H,10-11,17H2,(H,18,19). The van der Waals surface area contributed by atoms with Gasteiger partial charge in [0.05, 0.1) is 0 Å². The van der Waals surface area contributed by atoms with Gasteiger partial charge < -0.3 is 10.8 Å². The fourth-order valence-electron chi connectivity index (χ4n) is 2.07. The van der Waals surface area contributed by atoms with Crippen LogP contribution in [0.3, 0.4) is 0 Å². The first-order chi connectivity index (χ1) is 9.18. The Bertz CT molecular complexity index is 552. The Morgan fingerprint density at radius 3 is 2.37 bits per heavy atom. The predicted molar refractivity (Wildman–Crippen MR) is 75.8 cm³/mol. The normalized spacial score (nSPS) is 12.1. The van der Waals surface area contributed by atoms with E-state index in [1.54, 1.807) is 0 Å². The molecule has 0 spiro atoms. The molecule has 3 nitrogen and oxygen atoms in total. The van der Waals surface area contributed by atoms with Gasteiger partial charge in [0, 0.05) is 0 Å². The lowest BCUT2D eigenvalue weighted by Gasteiger charge is -2.11. The van der Waals surface area contributed by atoms with Gasteiger partial charge in [-0.3, -0.25) is 4.79 Å². The third-order valence-corrected chi connectivity index (χ3v) is 3.14. The number of carbonyl (C=O) groups is 1. The Kier molecular flexibility index (Phi) is 4.31. The molecule has 0 aliphatic rings. The monoisotopic (exact) mass is 255 g/mol. The Morgan fingerprint density at radius 1 is 1.05 bits per heavy atom. The van der Waals surface area contributed by atoms with Crippen LogP contribution in [-0.2, 0) is 11.2 Å². The molecule has 98 valence electrons. The summed E-state index contributed by atoms with van der Waals surface area (Å²) in [6.45, 7) is 0. The first-order valence-electron chi connectivity index (χ1n) is 6.30. The molecular formula is C16H17NO2. The summed E-state index contributed by atoms with van der Waals surface area (Å²) in [5.74, 6) is -0.947. The van der Waals surface area contributed by atoms with E-state index in [1.165, 1.54) is 0 Å². The second-order valence-corrected chi connectivity index (χ2v) is 4.51. The van der Waals surface area contributed by atoms with Crippen LogP contribution in [0.15, 0.2) is 54.6 Å². The van der Waals surface area contributed by atoms with Crippen LogP contribution in [-0.4, -0.2) is 17.1 Å². The molecule has 0 heterocycles. The van der Waals surface area contributed by atoms with E-state index < -0.39 is 12.0 Å². The van der Waals surface area contributed by atoms with E-state index in [1.807, 2.05) is 36.4 Å². The van der Waals surface area contributed by atoms with E-state index >= 15 is 0 Å². The van der Waals surface area contributed by atoms with Gasteiger partial charge in [-0.1, -0.05) is 54.6 Å². The summed E-state index contributed by atoms with van der Waals surface area (Å²) < 4.78 is 0. The van der Waals surface area contributed by atoms with E-state index in [4.69, 9.17) is 10.8 Å². The second kappa shape index (κ2) is 6.16. The van der Waals surface area contributed by atoms with Crippen molar-refractivity contribution in [1.29, 1.82) is 0 Å². The van der Waals surface area contributed by atoms with E-state index in [9.17, 15) is 4.79 Å². The van der Waals surface area contributed by atoms with Gasteiger partial charge in [0.2, 0.25) is 0 Å². The maximum Gasteiger partial charge on any atom is 0.320 e. The minimum absolute atomic E-state index is 0.444. The molecule has 0 saturated heterocycles. The molecule has 0 fully saturated rings. The highest BCUT2D eigenvalue weighted by Crippen LogP contribution is 2.24. The molecular weight excluding hydrogens is 238 g/mol. The Morgan fingerprint density at radius 2 is 1.68 bits per heavy atom. The third kappa shape index (κ3) is 3.42. The number of rotatable bonds is 5. The molecule has 2 aromatic carbocycles. The number of nitrogens with two attached hydrogens (primary N) is 1. The molecule has 3 N–H and O–H groups in total. The average Bonchev–Trinajstić information content (AvgIpc) is 2.46. The zero-order valence-corrected chi connectivity index (χ0v) is 10.6. The lowest BCUT2D eigenvalue weighted by atomic mass is 9.95.